The van der Waals surface area contributed by atoms with Crippen molar-refractivity contribution in [3.8, 4) is 5.75 Å². The molecule has 1 aliphatic carbocycles. The smallest absolute Gasteiger partial charge is 0.341 e. The van der Waals surface area contributed by atoms with Crippen molar-refractivity contribution >= 4 is 5.97 Å². The summed E-state index contributed by atoms with van der Waals surface area (Å²) in [6.45, 7) is 0.808. The largest absolute Gasteiger partial charge is 0.496 e. The molecule has 0 unspecified atom stereocenters. The Morgan fingerprint density at radius 2 is 2.17 bits per heavy atom. The number of benzene rings is 1. The number of esters is 1. The van der Waals surface area contributed by atoms with Crippen LogP contribution in [0, 0.1) is 0 Å². The van der Waals surface area contributed by atoms with Crippen LogP contribution in [0.15, 0.2) is 18.2 Å². The first-order valence-corrected chi connectivity index (χ1v) is 6.23. The van der Waals surface area contributed by atoms with Crippen LogP contribution in [-0.2, 0) is 11.3 Å². The van der Waals surface area contributed by atoms with E-state index in [2.05, 4.69) is 5.32 Å². The van der Waals surface area contributed by atoms with Gasteiger partial charge in [-0.2, -0.15) is 0 Å². The number of ether oxygens (including phenoxy) is 2. The topological polar surface area (TPSA) is 47.6 Å². The fourth-order valence-corrected chi connectivity index (χ4v) is 2.00. The predicted octanol–water partition coefficient (Wildman–Crippen LogP) is 2.12. The van der Waals surface area contributed by atoms with Gasteiger partial charge in [0.25, 0.3) is 0 Å². The van der Waals surface area contributed by atoms with E-state index in [0.29, 0.717) is 17.4 Å². The zero-order valence-electron chi connectivity index (χ0n) is 10.9. The van der Waals surface area contributed by atoms with Crippen LogP contribution < -0.4 is 10.1 Å². The van der Waals surface area contributed by atoms with E-state index in [0.717, 1.165) is 12.1 Å². The van der Waals surface area contributed by atoms with Crippen LogP contribution in [0.1, 0.15) is 35.2 Å². The van der Waals surface area contributed by atoms with E-state index in [9.17, 15) is 4.79 Å². The number of carbonyl (C=O) groups excluding carboxylic acids is 1. The van der Waals surface area contributed by atoms with Crippen molar-refractivity contribution in [1.82, 2.24) is 5.32 Å². The summed E-state index contributed by atoms with van der Waals surface area (Å²) in [5, 5.41) is 3.48. The Bertz CT molecular complexity index is 427. The van der Waals surface area contributed by atoms with Crippen molar-refractivity contribution in [2.24, 2.45) is 0 Å². The lowest BCUT2D eigenvalue weighted by molar-refractivity contribution is 0.0597. The summed E-state index contributed by atoms with van der Waals surface area (Å²) in [6.07, 6.45) is 3.84. The molecule has 0 atom stereocenters. The maximum Gasteiger partial charge on any atom is 0.341 e. The number of hydrogen-bond donors (Lipinski definition) is 1. The predicted molar refractivity (Wildman–Crippen MR) is 68.8 cm³/mol. The van der Waals surface area contributed by atoms with Crippen molar-refractivity contribution < 1.29 is 14.3 Å². The maximum atomic E-state index is 11.5. The fraction of sp³-hybridized carbons (Fsp3) is 0.500. The first-order chi connectivity index (χ1) is 8.74. The molecule has 0 aromatic heterocycles. The van der Waals surface area contributed by atoms with Crippen LogP contribution >= 0.6 is 0 Å². The van der Waals surface area contributed by atoms with Gasteiger partial charge in [0.05, 0.1) is 14.2 Å². The lowest BCUT2D eigenvalue weighted by atomic mass is 9.93. The molecule has 18 heavy (non-hydrogen) atoms. The van der Waals surface area contributed by atoms with Crippen molar-refractivity contribution in [1.29, 1.82) is 0 Å². The SMILES string of the molecule is COC(=O)c1ccc(CNC2CCC2)cc1OC. The van der Waals surface area contributed by atoms with Gasteiger partial charge in [-0.1, -0.05) is 12.5 Å². The number of methoxy groups -OCH3 is 2. The van der Waals surface area contributed by atoms with Crippen LogP contribution in [0.5, 0.6) is 5.75 Å². The lowest BCUT2D eigenvalue weighted by Crippen LogP contribution is -2.34. The molecule has 1 fully saturated rings. The molecule has 0 radical (unpaired) electrons. The summed E-state index contributed by atoms with van der Waals surface area (Å²) < 4.78 is 9.94. The highest BCUT2D eigenvalue weighted by Gasteiger charge is 2.17. The van der Waals surface area contributed by atoms with Gasteiger partial charge in [-0.05, 0) is 30.5 Å². The lowest BCUT2D eigenvalue weighted by Gasteiger charge is -2.26. The van der Waals surface area contributed by atoms with E-state index in [1.165, 1.54) is 26.4 Å². The van der Waals surface area contributed by atoms with Crippen LogP contribution in [-0.4, -0.2) is 26.2 Å². The van der Waals surface area contributed by atoms with Crippen LogP contribution in [0.2, 0.25) is 0 Å². The summed E-state index contributed by atoms with van der Waals surface area (Å²) in [5.74, 6) is 0.195. The van der Waals surface area contributed by atoms with E-state index in [1.54, 1.807) is 13.2 Å². The Morgan fingerprint density at radius 1 is 1.39 bits per heavy atom. The van der Waals surface area contributed by atoms with Crippen LogP contribution in [0.25, 0.3) is 0 Å². The molecule has 1 saturated carbocycles. The molecule has 1 aromatic rings. The second-order valence-corrected chi connectivity index (χ2v) is 4.53. The van der Waals surface area contributed by atoms with Crippen molar-refractivity contribution in [2.45, 2.75) is 31.8 Å². The molecule has 1 aromatic carbocycles. The Balaban J connectivity index is 2.05. The van der Waals surface area contributed by atoms with Gasteiger partial charge in [-0.15, -0.1) is 0 Å². The van der Waals surface area contributed by atoms with Crippen molar-refractivity contribution in [3.05, 3.63) is 29.3 Å². The average Bonchev–Trinajstić information content (AvgIpc) is 2.35. The fourth-order valence-electron chi connectivity index (χ4n) is 2.00. The van der Waals surface area contributed by atoms with E-state index < -0.39 is 0 Å². The van der Waals surface area contributed by atoms with Gasteiger partial charge >= 0.3 is 5.97 Å². The van der Waals surface area contributed by atoms with Crippen LogP contribution in [0.4, 0.5) is 0 Å². The van der Waals surface area contributed by atoms with Gasteiger partial charge in [0.2, 0.25) is 0 Å². The van der Waals surface area contributed by atoms with E-state index >= 15 is 0 Å². The number of nitrogens with one attached hydrogen (secondary N) is 1. The highest BCUT2D eigenvalue weighted by atomic mass is 16.5. The molecule has 0 bridgehead atoms. The molecule has 0 aliphatic heterocycles. The monoisotopic (exact) mass is 249 g/mol. The Labute approximate surface area is 107 Å². The summed E-state index contributed by atoms with van der Waals surface area (Å²) in [7, 11) is 2.93. The van der Waals surface area contributed by atoms with Crippen molar-refractivity contribution in [3.63, 3.8) is 0 Å². The van der Waals surface area contributed by atoms with Gasteiger partial charge < -0.3 is 14.8 Å². The zero-order chi connectivity index (χ0) is 13.0. The molecule has 4 heteroatoms. The maximum absolute atomic E-state index is 11.5. The van der Waals surface area contributed by atoms with Gasteiger partial charge in [-0.3, -0.25) is 0 Å². The zero-order valence-corrected chi connectivity index (χ0v) is 10.9. The molecule has 1 N–H and O–H groups in total. The molecular formula is C14H19NO3. The van der Waals surface area contributed by atoms with Crippen molar-refractivity contribution in [2.75, 3.05) is 14.2 Å². The van der Waals surface area contributed by atoms with Gasteiger partial charge in [0.1, 0.15) is 11.3 Å². The van der Waals surface area contributed by atoms with Gasteiger partial charge in [0, 0.05) is 12.6 Å². The minimum Gasteiger partial charge on any atom is -0.496 e. The summed E-state index contributed by atoms with van der Waals surface area (Å²) >= 11 is 0. The van der Waals surface area contributed by atoms with Gasteiger partial charge in [0.15, 0.2) is 0 Å². The normalized spacial score (nSPS) is 15.0. The third kappa shape index (κ3) is 2.82. The Morgan fingerprint density at radius 3 is 2.72 bits per heavy atom. The molecule has 1 aliphatic rings. The standard InChI is InChI=1S/C14H19NO3/c1-17-13-8-10(9-15-11-4-3-5-11)6-7-12(13)14(16)18-2/h6-8,11,15H,3-5,9H2,1-2H3. The first kappa shape index (κ1) is 12.9. The summed E-state index contributed by atoms with van der Waals surface area (Å²) in [4.78, 5) is 11.5. The third-order valence-corrected chi connectivity index (χ3v) is 3.37. The Kier molecular flexibility index (Phi) is 4.20. The number of carbonyl (C=O) groups is 1. The Hall–Kier alpha value is -1.55. The average molecular weight is 249 g/mol. The summed E-state index contributed by atoms with van der Waals surface area (Å²) in [5.41, 5.74) is 1.58. The van der Waals surface area contributed by atoms with Gasteiger partial charge in [-0.25, -0.2) is 4.79 Å². The van der Waals surface area contributed by atoms with E-state index in [4.69, 9.17) is 9.47 Å². The quantitative estimate of drug-likeness (QED) is 0.812. The molecule has 2 rings (SSSR count). The first-order valence-electron chi connectivity index (χ1n) is 6.23. The molecule has 98 valence electrons. The highest BCUT2D eigenvalue weighted by Crippen LogP contribution is 2.22. The summed E-state index contributed by atoms with van der Waals surface area (Å²) in [6, 6.07) is 6.22. The highest BCUT2D eigenvalue weighted by molar-refractivity contribution is 5.92. The van der Waals surface area contributed by atoms with E-state index in [-0.39, 0.29) is 5.97 Å². The molecular weight excluding hydrogens is 230 g/mol. The third-order valence-electron chi connectivity index (χ3n) is 3.37. The minimum absolute atomic E-state index is 0.370. The number of hydrogen-bond acceptors (Lipinski definition) is 4. The molecule has 0 saturated heterocycles. The number of rotatable bonds is 5. The second kappa shape index (κ2) is 5.87. The molecule has 0 heterocycles. The second-order valence-electron chi connectivity index (χ2n) is 4.53. The van der Waals surface area contributed by atoms with Crippen LogP contribution in [0.3, 0.4) is 0 Å². The molecule has 0 amide bonds. The molecule has 4 nitrogen and oxygen atoms in total. The minimum atomic E-state index is -0.370. The van der Waals surface area contributed by atoms with E-state index in [1.807, 2.05) is 12.1 Å². The molecule has 0 spiro atoms.